The molecule has 1 aromatic rings. The van der Waals surface area contributed by atoms with Gasteiger partial charge in [0.2, 0.25) is 0 Å². The van der Waals surface area contributed by atoms with Crippen LogP contribution < -0.4 is 5.32 Å². The SMILES string of the molecule is CNC(COC(C)(C)C)c1cnc(C(F)(F)F)s1. The summed E-state index contributed by atoms with van der Waals surface area (Å²) in [5.41, 5.74) is -0.327. The first-order valence-electron chi connectivity index (χ1n) is 5.47. The Morgan fingerprint density at radius 3 is 2.39 bits per heavy atom. The van der Waals surface area contributed by atoms with Gasteiger partial charge >= 0.3 is 6.18 Å². The zero-order chi connectivity index (χ0) is 14.0. The minimum atomic E-state index is -4.38. The molecule has 0 spiro atoms. The Morgan fingerprint density at radius 1 is 1.39 bits per heavy atom. The molecule has 1 unspecified atom stereocenters. The molecule has 0 aliphatic heterocycles. The van der Waals surface area contributed by atoms with Crippen molar-refractivity contribution < 1.29 is 17.9 Å². The first-order chi connectivity index (χ1) is 8.13. The van der Waals surface area contributed by atoms with Gasteiger partial charge in [-0.3, -0.25) is 0 Å². The predicted molar refractivity (Wildman–Crippen MR) is 64.6 cm³/mol. The Bertz CT molecular complexity index is 384. The summed E-state index contributed by atoms with van der Waals surface area (Å²) in [6, 6.07) is -0.280. The van der Waals surface area contributed by atoms with Gasteiger partial charge < -0.3 is 10.1 Å². The van der Waals surface area contributed by atoms with Crippen LogP contribution >= 0.6 is 11.3 Å². The van der Waals surface area contributed by atoms with Gasteiger partial charge in [0.05, 0.1) is 18.2 Å². The summed E-state index contributed by atoms with van der Waals surface area (Å²) in [5.74, 6) is 0. The summed E-state index contributed by atoms with van der Waals surface area (Å²) >= 11 is 0.644. The Morgan fingerprint density at radius 2 is 2.00 bits per heavy atom. The van der Waals surface area contributed by atoms with Crippen molar-refractivity contribution in [2.75, 3.05) is 13.7 Å². The smallest absolute Gasteiger partial charge is 0.374 e. The second kappa shape index (κ2) is 5.54. The van der Waals surface area contributed by atoms with Crippen LogP contribution in [-0.4, -0.2) is 24.2 Å². The molecule has 7 heteroatoms. The number of thiazole rings is 1. The number of halogens is 3. The minimum Gasteiger partial charge on any atom is -0.374 e. The number of hydrogen-bond acceptors (Lipinski definition) is 4. The third-order valence-electron chi connectivity index (χ3n) is 2.14. The maximum Gasteiger partial charge on any atom is 0.443 e. The predicted octanol–water partition coefficient (Wildman–Crippen LogP) is 3.24. The first kappa shape index (κ1) is 15.4. The molecule has 0 amide bonds. The van der Waals surface area contributed by atoms with E-state index in [9.17, 15) is 13.2 Å². The van der Waals surface area contributed by atoms with E-state index in [4.69, 9.17) is 4.74 Å². The number of ether oxygens (including phenoxy) is 1. The molecule has 18 heavy (non-hydrogen) atoms. The van der Waals surface area contributed by atoms with Crippen LogP contribution in [0.2, 0.25) is 0 Å². The molecule has 1 heterocycles. The highest BCUT2D eigenvalue weighted by atomic mass is 32.1. The van der Waals surface area contributed by atoms with Crippen molar-refractivity contribution in [2.45, 2.75) is 38.6 Å². The van der Waals surface area contributed by atoms with Crippen molar-refractivity contribution in [3.8, 4) is 0 Å². The largest absolute Gasteiger partial charge is 0.443 e. The molecule has 0 radical (unpaired) electrons. The van der Waals surface area contributed by atoms with Gasteiger partial charge in [0, 0.05) is 11.1 Å². The van der Waals surface area contributed by atoms with Crippen molar-refractivity contribution in [3.05, 3.63) is 16.1 Å². The highest BCUT2D eigenvalue weighted by molar-refractivity contribution is 7.11. The van der Waals surface area contributed by atoms with E-state index in [-0.39, 0.29) is 11.6 Å². The Kier molecular flexibility index (Phi) is 4.74. The lowest BCUT2D eigenvalue weighted by molar-refractivity contribution is -0.137. The van der Waals surface area contributed by atoms with Gasteiger partial charge in [-0.1, -0.05) is 0 Å². The van der Waals surface area contributed by atoms with E-state index in [1.54, 1.807) is 7.05 Å². The summed E-state index contributed by atoms with van der Waals surface area (Å²) < 4.78 is 42.9. The van der Waals surface area contributed by atoms with Crippen LogP contribution in [-0.2, 0) is 10.9 Å². The second-order valence-corrected chi connectivity index (χ2v) is 5.89. The molecule has 1 N–H and O–H groups in total. The van der Waals surface area contributed by atoms with Gasteiger partial charge in [-0.25, -0.2) is 4.98 Å². The quantitative estimate of drug-likeness (QED) is 0.920. The molecule has 0 fully saturated rings. The molecule has 0 aromatic carbocycles. The second-order valence-electron chi connectivity index (χ2n) is 4.83. The van der Waals surface area contributed by atoms with Crippen LogP contribution in [0.1, 0.15) is 36.7 Å². The van der Waals surface area contributed by atoms with Gasteiger partial charge in [-0.05, 0) is 27.8 Å². The summed E-state index contributed by atoms with van der Waals surface area (Å²) in [6.07, 6.45) is -3.13. The van der Waals surface area contributed by atoms with E-state index in [1.165, 1.54) is 6.20 Å². The Balaban J connectivity index is 2.74. The third-order valence-corrected chi connectivity index (χ3v) is 3.30. The zero-order valence-corrected chi connectivity index (χ0v) is 11.6. The monoisotopic (exact) mass is 282 g/mol. The fourth-order valence-corrected chi connectivity index (χ4v) is 2.10. The van der Waals surface area contributed by atoms with Crippen molar-refractivity contribution in [3.63, 3.8) is 0 Å². The lowest BCUT2D eigenvalue weighted by Gasteiger charge is -2.23. The lowest BCUT2D eigenvalue weighted by atomic mass is 10.2. The van der Waals surface area contributed by atoms with E-state index < -0.39 is 11.2 Å². The minimum absolute atomic E-state index is 0.280. The van der Waals surface area contributed by atoms with Crippen LogP contribution in [0.25, 0.3) is 0 Å². The standard InChI is InChI=1S/C11H17F3N2OS/c1-10(2,3)17-6-7(15-4)8-5-16-9(18-8)11(12,13)14/h5,7,15H,6H2,1-4H3. The van der Waals surface area contributed by atoms with E-state index in [0.29, 0.717) is 22.8 Å². The van der Waals surface area contributed by atoms with Gasteiger partial charge in [0.15, 0.2) is 5.01 Å². The number of alkyl halides is 3. The van der Waals surface area contributed by atoms with Crippen molar-refractivity contribution in [1.29, 1.82) is 0 Å². The van der Waals surface area contributed by atoms with Crippen LogP contribution in [0.4, 0.5) is 13.2 Å². The molecule has 104 valence electrons. The van der Waals surface area contributed by atoms with Crippen molar-refractivity contribution in [1.82, 2.24) is 10.3 Å². The van der Waals surface area contributed by atoms with Crippen molar-refractivity contribution >= 4 is 11.3 Å². The van der Waals surface area contributed by atoms with Gasteiger partial charge in [0.25, 0.3) is 0 Å². The molecule has 0 aliphatic rings. The Labute approximate surface area is 108 Å². The van der Waals surface area contributed by atoms with Crippen LogP contribution in [0.5, 0.6) is 0 Å². The molecule has 1 aromatic heterocycles. The summed E-state index contributed by atoms with van der Waals surface area (Å²) in [6.45, 7) is 5.99. The molecule has 0 saturated heterocycles. The Hall–Kier alpha value is -0.660. The molecule has 1 atom stereocenters. The topological polar surface area (TPSA) is 34.1 Å². The maximum atomic E-state index is 12.4. The fourth-order valence-electron chi connectivity index (χ4n) is 1.22. The third kappa shape index (κ3) is 4.55. The molecule has 0 saturated carbocycles. The van der Waals surface area contributed by atoms with Crippen LogP contribution in [0.3, 0.4) is 0 Å². The number of likely N-dealkylation sites (N-methyl/N-ethyl adjacent to an activating group) is 1. The highest BCUT2D eigenvalue weighted by Gasteiger charge is 2.35. The molecule has 1 rings (SSSR count). The first-order valence-corrected chi connectivity index (χ1v) is 6.29. The summed E-state index contributed by atoms with van der Waals surface area (Å²) in [5, 5.41) is 2.11. The fraction of sp³-hybridized carbons (Fsp3) is 0.727. The average molecular weight is 282 g/mol. The highest BCUT2D eigenvalue weighted by Crippen LogP contribution is 2.34. The average Bonchev–Trinajstić information content (AvgIpc) is 2.65. The lowest BCUT2D eigenvalue weighted by Crippen LogP contribution is -2.27. The summed E-state index contributed by atoms with van der Waals surface area (Å²) in [7, 11) is 1.68. The molecule has 0 aliphatic carbocycles. The van der Waals surface area contributed by atoms with Crippen molar-refractivity contribution in [2.24, 2.45) is 0 Å². The number of nitrogens with one attached hydrogen (secondary N) is 1. The normalized spacial score (nSPS) is 14.8. The van der Waals surface area contributed by atoms with Crippen LogP contribution in [0, 0.1) is 0 Å². The van der Waals surface area contributed by atoms with E-state index in [0.717, 1.165) is 0 Å². The molecular weight excluding hydrogens is 265 g/mol. The summed E-state index contributed by atoms with van der Waals surface area (Å²) in [4.78, 5) is 3.92. The van der Waals surface area contributed by atoms with Crippen LogP contribution in [0.15, 0.2) is 6.20 Å². The van der Waals surface area contributed by atoms with E-state index >= 15 is 0 Å². The zero-order valence-electron chi connectivity index (χ0n) is 10.8. The van der Waals surface area contributed by atoms with Gasteiger partial charge in [-0.15, -0.1) is 11.3 Å². The molecular formula is C11H17F3N2OS. The number of hydrogen-bond donors (Lipinski definition) is 1. The maximum absolute atomic E-state index is 12.4. The van der Waals surface area contributed by atoms with Gasteiger partial charge in [0.1, 0.15) is 0 Å². The van der Waals surface area contributed by atoms with E-state index in [1.807, 2.05) is 20.8 Å². The number of aromatic nitrogens is 1. The van der Waals surface area contributed by atoms with E-state index in [2.05, 4.69) is 10.3 Å². The van der Waals surface area contributed by atoms with Gasteiger partial charge in [-0.2, -0.15) is 13.2 Å². The molecule has 3 nitrogen and oxygen atoms in total. The number of rotatable bonds is 4. The molecule has 0 bridgehead atoms. The number of nitrogens with zero attached hydrogens (tertiary/aromatic N) is 1.